The van der Waals surface area contributed by atoms with Crippen molar-refractivity contribution < 1.29 is 0 Å². The van der Waals surface area contributed by atoms with Crippen LogP contribution in [0.4, 0.5) is 0 Å². The lowest BCUT2D eigenvalue weighted by Crippen LogP contribution is -2.42. The smallest absolute Gasteiger partial charge is 0.0324 e. The number of piperidine rings is 1. The van der Waals surface area contributed by atoms with Crippen LogP contribution in [0.5, 0.6) is 0 Å². The van der Waals surface area contributed by atoms with Crippen LogP contribution in [-0.4, -0.2) is 24.0 Å². The first-order valence-electron chi connectivity index (χ1n) is 8.79. The Bertz CT molecular complexity index is 477. The fraction of sp³-hybridized carbons (Fsp3) is 0.684. The molecule has 1 saturated carbocycles. The maximum absolute atomic E-state index is 6.62. The van der Waals surface area contributed by atoms with E-state index in [4.69, 9.17) is 5.73 Å². The third-order valence-corrected chi connectivity index (χ3v) is 6.54. The molecular formula is C19H28N2. The first-order valence-corrected chi connectivity index (χ1v) is 8.79. The zero-order valence-electron chi connectivity index (χ0n) is 13.2. The van der Waals surface area contributed by atoms with Gasteiger partial charge in [-0.25, -0.2) is 0 Å². The average Bonchev–Trinajstić information content (AvgIpc) is 2.67. The van der Waals surface area contributed by atoms with Gasteiger partial charge in [-0.3, -0.25) is 0 Å². The van der Waals surface area contributed by atoms with Crippen molar-refractivity contribution in [1.82, 2.24) is 4.90 Å². The van der Waals surface area contributed by atoms with E-state index in [-0.39, 0.29) is 6.04 Å². The molecule has 0 aromatic heterocycles. The average molecular weight is 284 g/mol. The number of hydrogen-bond donors (Lipinski definition) is 1. The van der Waals surface area contributed by atoms with Crippen molar-refractivity contribution in [3.05, 3.63) is 35.4 Å². The zero-order valence-corrected chi connectivity index (χ0v) is 13.2. The third kappa shape index (κ3) is 2.43. The SMILES string of the molecule is CN1C2CCC1CC(C(N)c1ccc(C3CCC3)cc1)C2. The molecule has 2 nitrogen and oxygen atoms in total. The van der Waals surface area contributed by atoms with Crippen LogP contribution in [-0.2, 0) is 0 Å². The molecular weight excluding hydrogens is 256 g/mol. The van der Waals surface area contributed by atoms with Crippen molar-refractivity contribution in [2.45, 2.75) is 69.0 Å². The second-order valence-corrected chi connectivity index (χ2v) is 7.60. The minimum absolute atomic E-state index is 0.234. The summed E-state index contributed by atoms with van der Waals surface area (Å²) in [5.41, 5.74) is 9.50. The monoisotopic (exact) mass is 284 g/mol. The summed E-state index contributed by atoms with van der Waals surface area (Å²) in [5, 5.41) is 0. The molecule has 0 radical (unpaired) electrons. The van der Waals surface area contributed by atoms with Crippen molar-refractivity contribution >= 4 is 0 Å². The summed E-state index contributed by atoms with van der Waals surface area (Å²) >= 11 is 0. The Hall–Kier alpha value is -0.860. The van der Waals surface area contributed by atoms with Crippen LogP contribution in [0.15, 0.2) is 24.3 Å². The first kappa shape index (κ1) is 13.8. The van der Waals surface area contributed by atoms with Gasteiger partial charge in [-0.15, -0.1) is 0 Å². The first-order chi connectivity index (χ1) is 10.2. The quantitative estimate of drug-likeness (QED) is 0.914. The summed E-state index contributed by atoms with van der Waals surface area (Å²) in [5.74, 6) is 1.50. The number of nitrogens with two attached hydrogens (primary N) is 1. The lowest BCUT2D eigenvalue weighted by molar-refractivity contribution is 0.121. The topological polar surface area (TPSA) is 29.3 Å². The molecule has 1 aliphatic carbocycles. The Morgan fingerprint density at radius 2 is 1.62 bits per heavy atom. The summed E-state index contributed by atoms with van der Waals surface area (Å²) in [6.45, 7) is 0. The standard InChI is InChI=1S/C19H28N2/c1-21-17-9-10-18(21)12-16(11-17)19(20)15-7-5-14(6-8-15)13-3-2-4-13/h5-8,13,16-19H,2-4,9-12,20H2,1H3. The van der Waals surface area contributed by atoms with Gasteiger partial charge >= 0.3 is 0 Å². The molecule has 0 spiro atoms. The highest BCUT2D eigenvalue weighted by Gasteiger charge is 2.40. The summed E-state index contributed by atoms with van der Waals surface area (Å²) in [6.07, 6.45) is 9.50. The van der Waals surface area contributed by atoms with E-state index in [1.165, 1.54) is 56.1 Å². The van der Waals surface area contributed by atoms with Crippen molar-refractivity contribution in [2.24, 2.45) is 11.7 Å². The van der Waals surface area contributed by atoms with E-state index in [2.05, 4.69) is 36.2 Å². The van der Waals surface area contributed by atoms with Crippen molar-refractivity contribution in [1.29, 1.82) is 0 Å². The third-order valence-electron chi connectivity index (χ3n) is 6.54. The molecule has 2 saturated heterocycles. The Morgan fingerprint density at radius 1 is 1.00 bits per heavy atom. The van der Waals surface area contributed by atoms with Crippen molar-refractivity contribution in [2.75, 3.05) is 7.05 Å². The van der Waals surface area contributed by atoms with E-state index < -0.39 is 0 Å². The molecule has 114 valence electrons. The molecule has 1 aromatic rings. The molecule has 1 aromatic carbocycles. The molecule has 3 unspecified atom stereocenters. The van der Waals surface area contributed by atoms with E-state index >= 15 is 0 Å². The molecule has 2 aliphatic heterocycles. The molecule has 3 atom stereocenters. The van der Waals surface area contributed by atoms with Gasteiger partial charge < -0.3 is 10.6 Å². The number of hydrogen-bond acceptors (Lipinski definition) is 2. The minimum atomic E-state index is 0.234. The lowest BCUT2D eigenvalue weighted by atomic mass is 9.78. The number of nitrogens with zero attached hydrogens (tertiary/aromatic N) is 1. The van der Waals surface area contributed by atoms with Gasteiger partial charge in [-0.1, -0.05) is 30.7 Å². The summed E-state index contributed by atoms with van der Waals surface area (Å²) in [4.78, 5) is 2.60. The Kier molecular flexibility index (Phi) is 3.55. The summed E-state index contributed by atoms with van der Waals surface area (Å²) < 4.78 is 0. The molecule has 2 N–H and O–H groups in total. The Labute approximate surface area is 128 Å². The van der Waals surface area contributed by atoms with Crippen LogP contribution in [0.3, 0.4) is 0 Å². The van der Waals surface area contributed by atoms with Gasteiger partial charge in [-0.2, -0.15) is 0 Å². The number of benzene rings is 1. The van der Waals surface area contributed by atoms with Gasteiger partial charge in [-0.05, 0) is 68.5 Å². The molecule has 2 heterocycles. The normalized spacial score (nSPS) is 34.7. The van der Waals surface area contributed by atoms with Gasteiger partial charge in [0, 0.05) is 18.1 Å². The summed E-state index contributed by atoms with van der Waals surface area (Å²) in [7, 11) is 2.30. The number of fused-ring (bicyclic) bond motifs is 2. The van der Waals surface area contributed by atoms with Gasteiger partial charge in [0.15, 0.2) is 0 Å². The highest BCUT2D eigenvalue weighted by atomic mass is 15.2. The van der Waals surface area contributed by atoms with Crippen LogP contribution in [0.25, 0.3) is 0 Å². The Balaban J connectivity index is 1.46. The van der Waals surface area contributed by atoms with Crippen LogP contribution in [0.1, 0.15) is 68.0 Å². The van der Waals surface area contributed by atoms with Gasteiger partial charge in [0.2, 0.25) is 0 Å². The van der Waals surface area contributed by atoms with E-state index in [0.29, 0.717) is 5.92 Å². The highest BCUT2D eigenvalue weighted by Crippen LogP contribution is 2.42. The van der Waals surface area contributed by atoms with Crippen LogP contribution in [0, 0.1) is 5.92 Å². The van der Waals surface area contributed by atoms with Gasteiger partial charge in [0.1, 0.15) is 0 Å². The van der Waals surface area contributed by atoms with Gasteiger partial charge in [0.25, 0.3) is 0 Å². The maximum atomic E-state index is 6.62. The van der Waals surface area contributed by atoms with Gasteiger partial charge in [0.05, 0.1) is 0 Å². The molecule has 3 aliphatic rings. The largest absolute Gasteiger partial charge is 0.324 e. The van der Waals surface area contributed by atoms with E-state index in [1.54, 1.807) is 0 Å². The van der Waals surface area contributed by atoms with E-state index in [1.807, 2.05) is 0 Å². The fourth-order valence-corrected chi connectivity index (χ4v) is 4.75. The lowest BCUT2D eigenvalue weighted by Gasteiger charge is -2.39. The molecule has 21 heavy (non-hydrogen) atoms. The predicted octanol–water partition coefficient (Wildman–Crippen LogP) is 3.83. The highest BCUT2D eigenvalue weighted by molar-refractivity contribution is 5.29. The maximum Gasteiger partial charge on any atom is 0.0324 e. The van der Waals surface area contributed by atoms with Crippen LogP contribution < -0.4 is 5.73 Å². The molecule has 3 fully saturated rings. The van der Waals surface area contributed by atoms with Crippen LogP contribution in [0.2, 0.25) is 0 Å². The summed E-state index contributed by atoms with van der Waals surface area (Å²) in [6, 6.07) is 11.1. The molecule has 2 heteroatoms. The van der Waals surface area contributed by atoms with Crippen molar-refractivity contribution in [3.63, 3.8) is 0 Å². The second-order valence-electron chi connectivity index (χ2n) is 7.60. The zero-order chi connectivity index (χ0) is 14.4. The van der Waals surface area contributed by atoms with E-state index in [9.17, 15) is 0 Å². The second kappa shape index (κ2) is 5.40. The number of rotatable bonds is 3. The molecule has 4 rings (SSSR count). The fourth-order valence-electron chi connectivity index (χ4n) is 4.75. The van der Waals surface area contributed by atoms with Crippen LogP contribution >= 0.6 is 0 Å². The Morgan fingerprint density at radius 3 is 2.14 bits per heavy atom. The minimum Gasteiger partial charge on any atom is -0.324 e. The van der Waals surface area contributed by atoms with Crippen molar-refractivity contribution in [3.8, 4) is 0 Å². The molecule has 0 amide bonds. The predicted molar refractivity (Wildman–Crippen MR) is 87.3 cm³/mol. The molecule has 2 bridgehead atoms. The van der Waals surface area contributed by atoms with E-state index in [0.717, 1.165) is 18.0 Å².